The number of ether oxygens (including phenoxy) is 1. The van der Waals surface area contributed by atoms with Crippen LogP contribution in [0.4, 0.5) is 8.78 Å². The summed E-state index contributed by atoms with van der Waals surface area (Å²) in [6.07, 6.45) is -2.41. The lowest BCUT2D eigenvalue weighted by atomic mass is 10.2. The van der Waals surface area contributed by atoms with Gasteiger partial charge in [0.1, 0.15) is 5.69 Å². The highest BCUT2D eigenvalue weighted by Crippen LogP contribution is 2.22. The van der Waals surface area contributed by atoms with Crippen LogP contribution in [-0.2, 0) is 16.1 Å². The van der Waals surface area contributed by atoms with Crippen LogP contribution in [0.3, 0.4) is 0 Å². The predicted molar refractivity (Wildman–Crippen MR) is 64.2 cm³/mol. The fourth-order valence-corrected chi connectivity index (χ4v) is 1.56. The molecule has 0 bridgehead atoms. The van der Waals surface area contributed by atoms with Gasteiger partial charge in [-0.2, -0.15) is 0 Å². The van der Waals surface area contributed by atoms with Crippen molar-refractivity contribution in [1.82, 2.24) is 20.3 Å². The number of halogens is 2. The largest absolute Gasteiger partial charge is 0.461 e. The second kappa shape index (κ2) is 7.51. The number of amides is 1. The first-order valence-corrected chi connectivity index (χ1v) is 6.10. The van der Waals surface area contributed by atoms with Crippen LogP contribution >= 0.6 is 0 Å². The Bertz CT molecular complexity index is 476. The Hall–Kier alpha value is -2.06. The van der Waals surface area contributed by atoms with E-state index in [-0.39, 0.29) is 25.5 Å². The molecule has 1 heterocycles. The van der Waals surface area contributed by atoms with Gasteiger partial charge in [-0.15, -0.1) is 5.10 Å². The van der Waals surface area contributed by atoms with E-state index in [1.54, 1.807) is 6.92 Å². The van der Waals surface area contributed by atoms with Crippen LogP contribution in [0.1, 0.15) is 42.4 Å². The molecule has 0 aliphatic heterocycles. The molecule has 0 saturated heterocycles. The lowest BCUT2D eigenvalue weighted by Crippen LogP contribution is -2.18. The summed E-state index contributed by atoms with van der Waals surface area (Å²) in [4.78, 5) is 22.5. The molecule has 1 aromatic heterocycles. The summed E-state index contributed by atoms with van der Waals surface area (Å²) in [5.41, 5.74) is -1.07. The Labute approximate surface area is 114 Å². The van der Waals surface area contributed by atoms with Crippen LogP contribution in [-0.4, -0.2) is 40.5 Å². The Morgan fingerprint density at radius 2 is 2.15 bits per heavy atom. The van der Waals surface area contributed by atoms with Gasteiger partial charge in [0.05, 0.1) is 6.61 Å². The molecule has 9 heteroatoms. The minimum Gasteiger partial charge on any atom is -0.461 e. The molecule has 1 aromatic rings. The van der Waals surface area contributed by atoms with E-state index in [0.29, 0.717) is 6.42 Å². The van der Waals surface area contributed by atoms with Gasteiger partial charge in [-0.25, -0.2) is 18.3 Å². The summed E-state index contributed by atoms with van der Waals surface area (Å²) in [5, 5.41) is 9.37. The Kier molecular flexibility index (Phi) is 6.01. The summed E-state index contributed by atoms with van der Waals surface area (Å²) >= 11 is 0. The Balaban J connectivity index is 2.81. The van der Waals surface area contributed by atoms with Crippen molar-refractivity contribution in [3.63, 3.8) is 0 Å². The van der Waals surface area contributed by atoms with Gasteiger partial charge >= 0.3 is 5.97 Å². The summed E-state index contributed by atoms with van der Waals surface area (Å²) in [5.74, 6) is -1.13. The third kappa shape index (κ3) is 3.97. The quantitative estimate of drug-likeness (QED) is 0.755. The van der Waals surface area contributed by atoms with E-state index in [1.165, 1.54) is 7.05 Å². The van der Waals surface area contributed by atoms with Crippen molar-refractivity contribution < 1.29 is 23.1 Å². The normalized spacial score (nSPS) is 10.7. The van der Waals surface area contributed by atoms with Gasteiger partial charge in [0.25, 0.3) is 6.43 Å². The molecule has 0 aliphatic rings. The zero-order chi connectivity index (χ0) is 15.1. The van der Waals surface area contributed by atoms with Gasteiger partial charge in [-0.05, 0) is 13.3 Å². The van der Waals surface area contributed by atoms with E-state index in [2.05, 4.69) is 20.4 Å². The topological polar surface area (TPSA) is 86.1 Å². The number of esters is 1. The van der Waals surface area contributed by atoms with Crippen molar-refractivity contribution in [2.24, 2.45) is 0 Å². The molecule has 0 fully saturated rings. The van der Waals surface area contributed by atoms with Crippen LogP contribution in [0.15, 0.2) is 0 Å². The van der Waals surface area contributed by atoms with E-state index in [0.717, 1.165) is 4.68 Å². The monoisotopic (exact) mass is 290 g/mol. The van der Waals surface area contributed by atoms with Gasteiger partial charge in [0.15, 0.2) is 5.69 Å². The molecular weight excluding hydrogens is 274 g/mol. The van der Waals surface area contributed by atoms with Crippen molar-refractivity contribution in [2.75, 3.05) is 13.7 Å². The maximum absolute atomic E-state index is 13.0. The molecule has 0 saturated carbocycles. The van der Waals surface area contributed by atoms with Crippen molar-refractivity contribution in [3.8, 4) is 0 Å². The molecular formula is C11H16F2N4O3. The summed E-state index contributed by atoms with van der Waals surface area (Å²) in [7, 11) is 1.49. The molecule has 0 aliphatic carbocycles. The van der Waals surface area contributed by atoms with E-state index in [1.807, 2.05) is 0 Å². The summed E-state index contributed by atoms with van der Waals surface area (Å²) < 4.78 is 31.5. The molecule has 1 N–H and O–H groups in total. The molecule has 0 spiro atoms. The van der Waals surface area contributed by atoms with E-state index in [9.17, 15) is 18.4 Å². The summed E-state index contributed by atoms with van der Waals surface area (Å²) in [6.45, 7) is 1.69. The highest BCUT2D eigenvalue weighted by Gasteiger charge is 2.27. The molecule has 0 unspecified atom stereocenters. The van der Waals surface area contributed by atoms with Gasteiger partial charge in [0, 0.05) is 20.0 Å². The zero-order valence-corrected chi connectivity index (χ0v) is 11.2. The molecule has 0 radical (unpaired) electrons. The number of nitrogens with one attached hydrogen (secondary N) is 1. The Morgan fingerprint density at radius 3 is 2.70 bits per heavy atom. The average molecular weight is 290 g/mol. The molecule has 112 valence electrons. The van der Waals surface area contributed by atoms with Crippen molar-refractivity contribution in [3.05, 3.63) is 11.4 Å². The van der Waals surface area contributed by atoms with E-state index in [4.69, 9.17) is 0 Å². The average Bonchev–Trinajstić information content (AvgIpc) is 2.83. The predicted octanol–water partition coefficient (Wildman–Crippen LogP) is 0.919. The molecule has 1 rings (SSSR count). The molecule has 0 atom stereocenters. The number of carbonyl (C=O) groups excluding carboxylic acids is 2. The third-order valence-electron chi connectivity index (χ3n) is 2.50. The second-order valence-electron chi connectivity index (χ2n) is 3.84. The Morgan fingerprint density at radius 1 is 1.45 bits per heavy atom. The highest BCUT2D eigenvalue weighted by molar-refractivity contribution is 5.88. The lowest BCUT2D eigenvalue weighted by Gasteiger charge is -2.06. The van der Waals surface area contributed by atoms with Crippen molar-refractivity contribution >= 4 is 11.9 Å². The molecule has 20 heavy (non-hydrogen) atoms. The minimum atomic E-state index is -2.90. The number of alkyl halides is 2. The number of hydrogen-bond acceptors (Lipinski definition) is 5. The number of rotatable bonds is 7. The van der Waals surface area contributed by atoms with Crippen LogP contribution in [0.25, 0.3) is 0 Å². The maximum Gasteiger partial charge on any atom is 0.361 e. The minimum absolute atomic E-state index is 0.0606. The number of nitrogens with zero attached hydrogens (tertiary/aromatic N) is 3. The summed E-state index contributed by atoms with van der Waals surface area (Å²) in [6, 6.07) is 0. The van der Waals surface area contributed by atoms with Crippen LogP contribution < -0.4 is 5.32 Å². The maximum atomic E-state index is 13.0. The highest BCUT2D eigenvalue weighted by atomic mass is 19.3. The second-order valence-corrected chi connectivity index (χ2v) is 3.84. The molecule has 1 amide bonds. The number of carbonyl (C=O) groups is 2. The third-order valence-corrected chi connectivity index (χ3v) is 2.50. The molecule has 7 nitrogen and oxygen atoms in total. The van der Waals surface area contributed by atoms with Crippen LogP contribution in [0, 0.1) is 0 Å². The van der Waals surface area contributed by atoms with E-state index >= 15 is 0 Å². The van der Waals surface area contributed by atoms with Gasteiger partial charge < -0.3 is 10.1 Å². The van der Waals surface area contributed by atoms with Gasteiger partial charge in [0.2, 0.25) is 5.91 Å². The standard InChI is InChI=1S/C11H16F2N4O3/c1-3-20-11(19)8-9(10(12)13)17(16-15-8)6-4-5-7(18)14-2/h10H,3-6H2,1-2H3,(H,14,18). The van der Waals surface area contributed by atoms with Gasteiger partial charge in [-0.1, -0.05) is 5.21 Å². The first-order valence-electron chi connectivity index (χ1n) is 6.10. The SMILES string of the molecule is CCOC(=O)c1nnn(CCCC(=O)NC)c1C(F)F. The van der Waals surface area contributed by atoms with Crippen LogP contribution in [0.2, 0.25) is 0 Å². The lowest BCUT2D eigenvalue weighted by molar-refractivity contribution is -0.120. The fraction of sp³-hybridized carbons (Fsp3) is 0.636. The van der Waals surface area contributed by atoms with Crippen LogP contribution in [0.5, 0.6) is 0 Å². The number of hydrogen-bond donors (Lipinski definition) is 1. The fourth-order valence-electron chi connectivity index (χ4n) is 1.56. The first kappa shape index (κ1) is 16.0. The number of aryl methyl sites for hydroxylation is 1. The smallest absolute Gasteiger partial charge is 0.361 e. The van der Waals surface area contributed by atoms with Crippen molar-refractivity contribution in [1.29, 1.82) is 0 Å². The molecule has 0 aromatic carbocycles. The first-order chi connectivity index (χ1) is 9.51. The van der Waals surface area contributed by atoms with E-state index < -0.39 is 23.8 Å². The number of aromatic nitrogens is 3. The van der Waals surface area contributed by atoms with Crippen molar-refractivity contribution in [2.45, 2.75) is 32.7 Å². The van der Waals surface area contributed by atoms with Gasteiger partial charge in [-0.3, -0.25) is 4.79 Å². The zero-order valence-electron chi connectivity index (χ0n) is 11.2.